The molecule has 5 heteroatoms. The second-order valence-electron chi connectivity index (χ2n) is 4.81. The molecule has 0 atom stereocenters. The van der Waals surface area contributed by atoms with Gasteiger partial charge < -0.3 is 10.1 Å². The van der Waals surface area contributed by atoms with Crippen LogP contribution < -0.4 is 10.1 Å². The summed E-state index contributed by atoms with van der Waals surface area (Å²) in [4.78, 5) is 10.5. The second-order valence-corrected chi connectivity index (χ2v) is 4.81. The Kier molecular flexibility index (Phi) is 7.47. The molecule has 0 unspecified atom stereocenters. The predicted molar refractivity (Wildman–Crippen MR) is 81.5 cm³/mol. The van der Waals surface area contributed by atoms with Gasteiger partial charge in [-0.25, -0.2) is 0 Å². The van der Waals surface area contributed by atoms with Gasteiger partial charge >= 0.3 is 0 Å². The first-order valence-electron chi connectivity index (χ1n) is 7.33. The van der Waals surface area contributed by atoms with Crippen LogP contribution in [-0.2, 0) is 0 Å². The van der Waals surface area contributed by atoms with Crippen LogP contribution in [-0.4, -0.2) is 18.1 Å². The Balaban J connectivity index is 2.63. The first-order valence-corrected chi connectivity index (χ1v) is 7.33. The van der Waals surface area contributed by atoms with E-state index in [2.05, 4.69) is 12.2 Å². The van der Waals surface area contributed by atoms with Crippen molar-refractivity contribution in [3.63, 3.8) is 0 Å². The fraction of sp³-hybridized carbons (Fsp3) is 0.600. The molecule has 112 valence electrons. The minimum absolute atomic E-state index is 0.0645. The number of nitrogens with zero attached hydrogens (tertiary/aromatic N) is 1. The summed E-state index contributed by atoms with van der Waals surface area (Å²) in [5, 5.41) is 14.1. The summed E-state index contributed by atoms with van der Waals surface area (Å²) in [7, 11) is 0. The van der Waals surface area contributed by atoms with Crippen LogP contribution in [0.3, 0.4) is 0 Å². The van der Waals surface area contributed by atoms with Gasteiger partial charge in [0.15, 0.2) is 0 Å². The molecule has 1 N–H and O–H groups in total. The van der Waals surface area contributed by atoms with Gasteiger partial charge in [-0.2, -0.15) is 0 Å². The third-order valence-electron chi connectivity index (χ3n) is 2.93. The van der Waals surface area contributed by atoms with E-state index in [0.29, 0.717) is 12.4 Å². The first kappa shape index (κ1) is 16.3. The van der Waals surface area contributed by atoms with E-state index in [4.69, 9.17) is 4.74 Å². The molecular formula is C15H24N2O3. The Morgan fingerprint density at radius 3 is 2.60 bits per heavy atom. The maximum atomic E-state index is 10.9. The van der Waals surface area contributed by atoms with Gasteiger partial charge in [0.2, 0.25) is 0 Å². The van der Waals surface area contributed by atoms with Crippen molar-refractivity contribution in [1.29, 1.82) is 0 Å². The number of anilines is 1. The van der Waals surface area contributed by atoms with Crippen molar-refractivity contribution in [2.24, 2.45) is 0 Å². The molecule has 1 aromatic rings. The lowest BCUT2D eigenvalue weighted by atomic mass is 10.2. The Hall–Kier alpha value is -1.78. The molecule has 0 spiro atoms. The minimum atomic E-state index is -0.388. The molecule has 0 amide bonds. The van der Waals surface area contributed by atoms with Crippen LogP contribution in [0.15, 0.2) is 18.2 Å². The molecule has 0 aliphatic rings. The lowest BCUT2D eigenvalue weighted by molar-refractivity contribution is -0.384. The number of nitro benzene ring substituents is 1. The van der Waals surface area contributed by atoms with Gasteiger partial charge in [0, 0.05) is 24.4 Å². The van der Waals surface area contributed by atoms with E-state index >= 15 is 0 Å². The van der Waals surface area contributed by atoms with Crippen molar-refractivity contribution in [1.82, 2.24) is 0 Å². The molecule has 1 aromatic carbocycles. The summed E-state index contributed by atoms with van der Waals surface area (Å²) in [6.07, 6.45) is 5.55. The van der Waals surface area contributed by atoms with Gasteiger partial charge in [-0.05, 0) is 12.8 Å². The third-order valence-corrected chi connectivity index (χ3v) is 2.93. The molecule has 0 saturated heterocycles. The van der Waals surface area contributed by atoms with E-state index in [1.54, 1.807) is 6.07 Å². The fourth-order valence-corrected chi connectivity index (χ4v) is 1.88. The van der Waals surface area contributed by atoms with Crippen LogP contribution in [0.2, 0.25) is 0 Å². The number of hydrogen-bond acceptors (Lipinski definition) is 4. The average Bonchev–Trinajstić information content (AvgIpc) is 2.44. The molecule has 5 nitrogen and oxygen atoms in total. The highest BCUT2D eigenvalue weighted by molar-refractivity contribution is 5.56. The van der Waals surface area contributed by atoms with Crippen molar-refractivity contribution < 1.29 is 9.66 Å². The number of rotatable bonds is 10. The molecule has 1 rings (SSSR count). The maximum Gasteiger partial charge on any atom is 0.275 e. The van der Waals surface area contributed by atoms with Crippen LogP contribution in [0.1, 0.15) is 46.0 Å². The van der Waals surface area contributed by atoms with Gasteiger partial charge in [0.1, 0.15) is 5.75 Å². The van der Waals surface area contributed by atoms with Gasteiger partial charge in [0.05, 0.1) is 17.6 Å². The van der Waals surface area contributed by atoms with Crippen molar-refractivity contribution in [3.05, 3.63) is 28.3 Å². The first-order chi connectivity index (χ1) is 9.67. The normalized spacial score (nSPS) is 10.3. The minimum Gasteiger partial charge on any atom is -0.493 e. The van der Waals surface area contributed by atoms with E-state index in [1.165, 1.54) is 25.3 Å². The molecule has 0 bridgehead atoms. The topological polar surface area (TPSA) is 64.4 Å². The standard InChI is InChI=1S/C15H24N2O3/c1-3-5-6-7-8-16-13-10-14(17(18)19)12-15(11-13)20-9-4-2/h10-12,16H,3-9H2,1-2H3. The molecule has 0 aliphatic heterocycles. The number of nitrogens with one attached hydrogen (secondary N) is 1. The van der Waals surface area contributed by atoms with E-state index in [-0.39, 0.29) is 10.6 Å². The van der Waals surface area contributed by atoms with Crippen molar-refractivity contribution in [2.75, 3.05) is 18.5 Å². The Bertz CT molecular complexity index is 422. The number of nitro groups is 1. The SMILES string of the molecule is CCCCCCNc1cc(OCCC)cc([N+](=O)[O-])c1. The Labute approximate surface area is 120 Å². The summed E-state index contributed by atoms with van der Waals surface area (Å²) >= 11 is 0. The van der Waals surface area contributed by atoms with Crippen LogP contribution in [0.25, 0.3) is 0 Å². The summed E-state index contributed by atoms with van der Waals surface area (Å²) in [5.41, 5.74) is 0.816. The van der Waals surface area contributed by atoms with Gasteiger partial charge in [-0.3, -0.25) is 10.1 Å². The highest BCUT2D eigenvalue weighted by Crippen LogP contribution is 2.26. The lowest BCUT2D eigenvalue weighted by Crippen LogP contribution is -2.03. The Morgan fingerprint density at radius 1 is 1.15 bits per heavy atom. The van der Waals surface area contributed by atoms with Crippen molar-refractivity contribution in [3.8, 4) is 5.75 Å². The molecule has 0 fully saturated rings. The average molecular weight is 280 g/mol. The fourth-order valence-electron chi connectivity index (χ4n) is 1.88. The highest BCUT2D eigenvalue weighted by Gasteiger charge is 2.10. The zero-order chi connectivity index (χ0) is 14.8. The zero-order valence-electron chi connectivity index (χ0n) is 12.4. The van der Waals surface area contributed by atoms with E-state index in [1.807, 2.05) is 13.0 Å². The number of non-ortho nitro benzene ring substituents is 1. The van der Waals surface area contributed by atoms with Crippen LogP contribution in [0, 0.1) is 10.1 Å². The summed E-state index contributed by atoms with van der Waals surface area (Å²) in [6.45, 7) is 5.57. The second kappa shape index (κ2) is 9.18. The van der Waals surface area contributed by atoms with Gasteiger partial charge in [0.25, 0.3) is 5.69 Å². The molecule has 0 saturated carbocycles. The van der Waals surface area contributed by atoms with E-state index < -0.39 is 0 Å². The van der Waals surface area contributed by atoms with E-state index in [9.17, 15) is 10.1 Å². The summed E-state index contributed by atoms with van der Waals surface area (Å²) in [5.74, 6) is 0.553. The third kappa shape index (κ3) is 5.91. The summed E-state index contributed by atoms with van der Waals surface area (Å²) in [6, 6.07) is 4.85. The monoisotopic (exact) mass is 280 g/mol. The quantitative estimate of drug-likeness (QED) is 0.392. The number of ether oxygens (including phenoxy) is 1. The van der Waals surface area contributed by atoms with Gasteiger partial charge in [-0.1, -0.05) is 33.1 Å². The molecule has 20 heavy (non-hydrogen) atoms. The molecular weight excluding hydrogens is 256 g/mol. The van der Waals surface area contributed by atoms with Crippen LogP contribution in [0.4, 0.5) is 11.4 Å². The van der Waals surface area contributed by atoms with Gasteiger partial charge in [-0.15, -0.1) is 0 Å². The number of benzene rings is 1. The van der Waals surface area contributed by atoms with Crippen molar-refractivity contribution in [2.45, 2.75) is 46.0 Å². The molecule has 0 radical (unpaired) electrons. The molecule has 0 heterocycles. The van der Waals surface area contributed by atoms with Crippen LogP contribution in [0.5, 0.6) is 5.75 Å². The molecule has 0 aliphatic carbocycles. The Morgan fingerprint density at radius 2 is 1.95 bits per heavy atom. The number of hydrogen-bond donors (Lipinski definition) is 1. The number of unbranched alkanes of at least 4 members (excludes halogenated alkanes) is 3. The van der Waals surface area contributed by atoms with Crippen molar-refractivity contribution >= 4 is 11.4 Å². The summed E-state index contributed by atoms with van der Waals surface area (Å²) < 4.78 is 5.49. The highest BCUT2D eigenvalue weighted by atomic mass is 16.6. The maximum absolute atomic E-state index is 10.9. The predicted octanol–water partition coefficient (Wildman–Crippen LogP) is 4.38. The lowest BCUT2D eigenvalue weighted by Gasteiger charge is -2.09. The largest absolute Gasteiger partial charge is 0.493 e. The smallest absolute Gasteiger partial charge is 0.275 e. The molecule has 0 aromatic heterocycles. The van der Waals surface area contributed by atoms with E-state index in [0.717, 1.165) is 25.1 Å². The zero-order valence-corrected chi connectivity index (χ0v) is 12.4. The van der Waals surface area contributed by atoms with Crippen LogP contribution >= 0.6 is 0 Å².